The molecule has 2 aromatic carbocycles. The number of hydrogen-bond donors (Lipinski definition) is 5. The van der Waals surface area contributed by atoms with Gasteiger partial charge in [0.2, 0.25) is 0 Å². The van der Waals surface area contributed by atoms with Gasteiger partial charge in [0, 0.05) is 11.4 Å². The highest BCUT2D eigenvalue weighted by Gasteiger charge is 2.33. The van der Waals surface area contributed by atoms with Crippen molar-refractivity contribution < 1.29 is 8.83 Å². The summed E-state index contributed by atoms with van der Waals surface area (Å²) in [5, 5.41) is 21.5. The third-order valence-electron chi connectivity index (χ3n) is 5.26. The zero-order chi connectivity index (χ0) is 21.2. The summed E-state index contributed by atoms with van der Waals surface area (Å²) in [6, 6.07) is 21.2. The number of furan rings is 2. The molecule has 4 aromatic rings. The molecule has 0 fully saturated rings. The highest BCUT2D eigenvalue weighted by molar-refractivity contribution is 6.02. The number of aryl methyl sites for hydroxylation is 1. The lowest BCUT2D eigenvalue weighted by Crippen LogP contribution is -2.30. The molecular weight excluding hydrogens is 390 g/mol. The Hall–Kier alpha value is -4.13. The molecule has 0 amide bonds. The number of hydrogen-bond acceptors (Lipinski definition) is 5. The molecule has 0 spiro atoms. The lowest BCUT2D eigenvalue weighted by Gasteiger charge is -2.34. The fourth-order valence-corrected chi connectivity index (χ4v) is 3.73. The van der Waals surface area contributed by atoms with Gasteiger partial charge in [-0.15, -0.1) is 0 Å². The molecule has 5 N–H and O–H groups in total. The molecule has 1 aliphatic rings. The van der Waals surface area contributed by atoms with E-state index in [9.17, 15) is 0 Å². The molecule has 0 aliphatic carbocycles. The molecule has 2 atom stereocenters. The topological polar surface area (TPSA) is 98.3 Å². The van der Waals surface area contributed by atoms with E-state index in [0.29, 0.717) is 0 Å². The molecule has 0 saturated heterocycles. The summed E-state index contributed by atoms with van der Waals surface area (Å²) in [5.74, 6) is 1.83. The van der Waals surface area contributed by atoms with Gasteiger partial charge in [0.15, 0.2) is 5.96 Å². The van der Waals surface area contributed by atoms with Crippen LogP contribution in [0.4, 0.5) is 22.7 Å². The summed E-state index contributed by atoms with van der Waals surface area (Å²) >= 11 is 0. The molecule has 7 nitrogen and oxygen atoms in total. The quantitative estimate of drug-likeness (QED) is 0.209. The zero-order valence-corrected chi connectivity index (χ0v) is 17.0. The van der Waals surface area contributed by atoms with E-state index in [4.69, 9.17) is 14.2 Å². The van der Waals surface area contributed by atoms with Gasteiger partial charge in [-0.3, -0.25) is 5.41 Å². The molecule has 31 heavy (non-hydrogen) atoms. The van der Waals surface area contributed by atoms with Gasteiger partial charge in [0.05, 0.1) is 23.9 Å². The van der Waals surface area contributed by atoms with Gasteiger partial charge >= 0.3 is 0 Å². The van der Waals surface area contributed by atoms with Crippen LogP contribution in [-0.4, -0.2) is 5.96 Å². The fourth-order valence-electron chi connectivity index (χ4n) is 3.73. The van der Waals surface area contributed by atoms with Crippen molar-refractivity contribution in [2.75, 3.05) is 21.3 Å². The molecule has 0 saturated carbocycles. The van der Waals surface area contributed by atoms with Crippen molar-refractivity contribution in [1.82, 2.24) is 0 Å². The van der Waals surface area contributed by atoms with E-state index in [1.54, 1.807) is 12.5 Å². The number of guanidine groups is 1. The minimum Gasteiger partial charge on any atom is -0.467 e. The monoisotopic (exact) mass is 413 g/mol. The summed E-state index contributed by atoms with van der Waals surface area (Å²) in [7, 11) is 0. The van der Waals surface area contributed by atoms with Gasteiger partial charge in [0.25, 0.3) is 0 Å². The molecule has 2 unspecified atom stereocenters. The maximum absolute atomic E-state index is 8.25. The normalized spacial score (nSPS) is 17.2. The largest absolute Gasteiger partial charge is 0.467 e. The van der Waals surface area contributed by atoms with Crippen LogP contribution >= 0.6 is 0 Å². The minimum absolute atomic E-state index is 0.117. The van der Waals surface area contributed by atoms with Crippen LogP contribution in [0.5, 0.6) is 0 Å². The molecule has 3 heterocycles. The summed E-state index contributed by atoms with van der Waals surface area (Å²) in [6.07, 6.45) is 3.34. The Balaban J connectivity index is 1.36. The second-order valence-corrected chi connectivity index (χ2v) is 7.53. The first kappa shape index (κ1) is 18.9. The number of anilines is 4. The molecule has 156 valence electrons. The number of benzene rings is 2. The van der Waals surface area contributed by atoms with Crippen LogP contribution in [0.2, 0.25) is 0 Å². The van der Waals surface area contributed by atoms with Gasteiger partial charge in [0.1, 0.15) is 23.6 Å². The fraction of sp³-hybridized carbons (Fsp3) is 0.125. The molecule has 0 bridgehead atoms. The molecule has 2 aromatic heterocycles. The van der Waals surface area contributed by atoms with E-state index >= 15 is 0 Å². The van der Waals surface area contributed by atoms with Gasteiger partial charge in [-0.1, -0.05) is 17.7 Å². The van der Waals surface area contributed by atoms with Crippen LogP contribution in [0, 0.1) is 12.3 Å². The smallest absolute Gasteiger partial charge is 0.197 e. The first-order valence-electron chi connectivity index (χ1n) is 10.1. The van der Waals surface area contributed by atoms with Crippen molar-refractivity contribution in [1.29, 1.82) is 5.41 Å². The predicted molar refractivity (Wildman–Crippen MR) is 123 cm³/mol. The first-order chi connectivity index (χ1) is 15.2. The van der Waals surface area contributed by atoms with E-state index in [0.717, 1.165) is 34.3 Å². The Morgan fingerprint density at radius 1 is 0.774 bits per heavy atom. The van der Waals surface area contributed by atoms with E-state index in [1.807, 2.05) is 73.7 Å². The van der Waals surface area contributed by atoms with E-state index in [2.05, 4.69) is 21.3 Å². The summed E-state index contributed by atoms with van der Waals surface area (Å²) in [4.78, 5) is 0. The third-order valence-corrected chi connectivity index (χ3v) is 5.26. The molecular formula is C24H23N5O2. The molecule has 0 radical (unpaired) electrons. The van der Waals surface area contributed by atoms with Crippen molar-refractivity contribution in [3.63, 3.8) is 0 Å². The minimum atomic E-state index is -0.144. The first-order valence-corrected chi connectivity index (χ1v) is 10.1. The van der Waals surface area contributed by atoms with Gasteiger partial charge in [-0.05, 0) is 61.5 Å². The zero-order valence-electron chi connectivity index (χ0n) is 17.0. The Morgan fingerprint density at radius 2 is 1.35 bits per heavy atom. The summed E-state index contributed by atoms with van der Waals surface area (Å²) < 4.78 is 11.3. The van der Waals surface area contributed by atoms with Crippen molar-refractivity contribution in [3.05, 3.63) is 96.3 Å². The Labute approximate surface area is 180 Å². The lowest BCUT2D eigenvalue weighted by molar-refractivity contribution is 0.405. The average molecular weight is 413 g/mol. The number of fused-ring (bicyclic) bond motifs is 1. The predicted octanol–water partition coefficient (Wildman–Crippen LogP) is 5.96. The van der Waals surface area contributed by atoms with Gasteiger partial charge in [-0.2, -0.15) is 0 Å². The Morgan fingerprint density at radius 3 is 1.97 bits per heavy atom. The van der Waals surface area contributed by atoms with Crippen molar-refractivity contribution in [2.24, 2.45) is 0 Å². The van der Waals surface area contributed by atoms with Crippen molar-refractivity contribution in [3.8, 4) is 0 Å². The lowest BCUT2D eigenvalue weighted by atomic mass is 9.98. The van der Waals surface area contributed by atoms with Gasteiger partial charge < -0.3 is 30.1 Å². The Kier molecular flexibility index (Phi) is 4.84. The number of nitrogens with one attached hydrogen (secondary N) is 5. The maximum atomic E-state index is 8.25. The van der Waals surface area contributed by atoms with E-state index < -0.39 is 0 Å². The van der Waals surface area contributed by atoms with Crippen molar-refractivity contribution >= 4 is 28.7 Å². The van der Waals surface area contributed by atoms with E-state index in [-0.39, 0.29) is 18.0 Å². The number of rotatable bonds is 4. The second-order valence-electron chi connectivity index (χ2n) is 7.53. The van der Waals surface area contributed by atoms with Crippen LogP contribution in [0.1, 0.15) is 29.2 Å². The summed E-state index contributed by atoms with van der Waals surface area (Å²) in [6.45, 7) is 2.04. The SMILES string of the molecule is Cc1ccc(NC(=N)Nc2ccc3c(c2)NC(c2ccco2)C(c2ccco2)N3)cc1. The van der Waals surface area contributed by atoms with Crippen LogP contribution in [0.15, 0.2) is 88.1 Å². The standard InChI is InChI=1S/C24H23N5O2/c1-15-6-8-16(9-7-15)26-24(25)27-17-10-11-18-19(14-17)29-23(21-5-3-13-31-21)22(28-18)20-4-2-12-30-20/h2-14,22-23,28-29H,1H3,(H3,25,26,27). The van der Waals surface area contributed by atoms with Crippen LogP contribution in [0.3, 0.4) is 0 Å². The molecule has 5 rings (SSSR count). The second kappa shape index (κ2) is 7.95. The molecule has 7 heteroatoms. The average Bonchev–Trinajstić information content (AvgIpc) is 3.49. The third kappa shape index (κ3) is 3.98. The van der Waals surface area contributed by atoms with Gasteiger partial charge in [-0.25, -0.2) is 0 Å². The Bertz CT molecular complexity index is 1170. The van der Waals surface area contributed by atoms with Crippen LogP contribution in [0.25, 0.3) is 0 Å². The summed E-state index contributed by atoms with van der Waals surface area (Å²) in [5.41, 5.74) is 4.70. The maximum Gasteiger partial charge on any atom is 0.197 e. The van der Waals surface area contributed by atoms with E-state index in [1.165, 1.54) is 5.56 Å². The highest BCUT2D eigenvalue weighted by atomic mass is 16.3. The van der Waals surface area contributed by atoms with Crippen LogP contribution < -0.4 is 21.3 Å². The van der Waals surface area contributed by atoms with Crippen LogP contribution in [-0.2, 0) is 0 Å². The van der Waals surface area contributed by atoms with Crippen molar-refractivity contribution in [2.45, 2.75) is 19.0 Å². The highest BCUT2D eigenvalue weighted by Crippen LogP contribution is 2.43. The molecule has 1 aliphatic heterocycles.